The van der Waals surface area contributed by atoms with Crippen molar-refractivity contribution >= 4 is 17.6 Å². The molecule has 11 heteroatoms. The first kappa shape index (κ1) is 24.0. The lowest BCUT2D eigenvalue weighted by Gasteiger charge is -2.17. The van der Waals surface area contributed by atoms with Gasteiger partial charge in [0.2, 0.25) is 11.6 Å². The molecule has 0 aromatic heterocycles. The summed E-state index contributed by atoms with van der Waals surface area (Å²) in [4.78, 5) is 12.5. The van der Waals surface area contributed by atoms with Crippen LogP contribution in [0, 0.1) is 28.9 Å². The van der Waals surface area contributed by atoms with E-state index in [9.17, 15) is 26.7 Å². The maximum atomic E-state index is 14.4. The fourth-order valence-electron chi connectivity index (χ4n) is 3.33. The number of benzene rings is 1. The number of alkyl halides is 3. The van der Waals surface area contributed by atoms with Crippen LogP contribution in [-0.2, 0) is 16.1 Å². The Morgan fingerprint density at radius 1 is 1.03 bits per heavy atom. The Morgan fingerprint density at radius 2 is 1.50 bits per heavy atom. The predicted octanol–water partition coefficient (Wildman–Crippen LogP) is 4.99. The monoisotopic (exact) mass is 458 g/mol. The topological polar surface area (TPSA) is 54.0 Å². The van der Waals surface area contributed by atoms with E-state index in [4.69, 9.17) is 25.8 Å². The van der Waals surface area contributed by atoms with Crippen molar-refractivity contribution in [1.82, 2.24) is 0 Å². The number of ether oxygens (including phenoxy) is 4. The number of hydrogen-bond donors (Lipinski definition) is 0. The van der Waals surface area contributed by atoms with Crippen molar-refractivity contribution in [3.63, 3.8) is 0 Å². The molecule has 0 heterocycles. The van der Waals surface area contributed by atoms with Crippen molar-refractivity contribution in [2.24, 2.45) is 17.3 Å². The van der Waals surface area contributed by atoms with E-state index in [0.717, 1.165) is 27.4 Å². The molecule has 5 nitrogen and oxygen atoms in total. The van der Waals surface area contributed by atoms with Gasteiger partial charge in [0.1, 0.15) is 11.6 Å². The fourth-order valence-corrected chi connectivity index (χ4v) is 3.47. The normalized spacial score (nSPS) is 20.6. The third-order valence-corrected chi connectivity index (χ3v) is 5.42. The van der Waals surface area contributed by atoms with E-state index in [1.807, 2.05) is 0 Å². The van der Waals surface area contributed by atoms with Crippen LogP contribution in [-0.4, -0.2) is 33.5 Å². The quantitative estimate of drug-likeness (QED) is 0.425. The van der Waals surface area contributed by atoms with Crippen LogP contribution < -0.4 is 14.2 Å². The molecule has 1 aliphatic rings. The van der Waals surface area contributed by atoms with Gasteiger partial charge in [0.05, 0.1) is 32.8 Å². The number of carbonyl (C=O) groups excluding carboxylic acids is 1. The number of hydrogen-bond acceptors (Lipinski definition) is 5. The lowest BCUT2D eigenvalue weighted by atomic mass is 10.1. The molecule has 0 unspecified atom stereocenters. The fraction of sp³-hybridized carbons (Fsp3) is 0.526. The van der Waals surface area contributed by atoms with Crippen molar-refractivity contribution in [1.29, 1.82) is 0 Å². The molecule has 1 aromatic rings. The third-order valence-electron chi connectivity index (χ3n) is 5.08. The average Bonchev–Trinajstić information content (AvgIpc) is 3.19. The smallest absolute Gasteiger partial charge is 0.426 e. The van der Waals surface area contributed by atoms with Crippen molar-refractivity contribution in [3.8, 4) is 17.2 Å². The summed E-state index contributed by atoms with van der Waals surface area (Å²) in [6.07, 6.45) is -3.96. The molecule has 0 radical (unpaired) electrons. The van der Waals surface area contributed by atoms with Gasteiger partial charge in [0.25, 0.3) is 0 Å². The SMILES string of the molecule is COc1c(F)c(OC)c(COC(=O)[C@H]2[C@@H](/C=C(\Cl)C(F)(F)F)C2(C)C)c(OC)c1F. The predicted molar refractivity (Wildman–Crippen MR) is 96.6 cm³/mol. The van der Waals surface area contributed by atoms with E-state index in [1.165, 1.54) is 0 Å². The molecule has 0 aliphatic heterocycles. The van der Waals surface area contributed by atoms with Crippen LogP contribution in [0.3, 0.4) is 0 Å². The van der Waals surface area contributed by atoms with Gasteiger partial charge in [-0.25, -0.2) is 0 Å². The van der Waals surface area contributed by atoms with Gasteiger partial charge in [-0.15, -0.1) is 0 Å². The molecule has 1 saturated carbocycles. The minimum absolute atomic E-state index is 0.233. The molecule has 2 atom stereocenters. The summed E-state index contributed by atoms with van der Waals surface area (Å²) in [5, 5.41) is -1.33. The first-order valence-electron chi connectivity index (χ1n) is 8.59. The van der Waals surface area contributed by atoms with E-state index in [1.54, 1.807) is 13.8 Å². The summed E-state index contributed by atoms with van der Waals surface area (Å²) in [7, 11) is 3.28. The lowest BCUT2D eigenvalue weighted by molar-refractivity contribution is -0.147. The Morgan fingerprint density at radius 3 is 1.90 bits per heavy atom. The molecular formula is C19H20ClF5O5. The standard InChI is InChI=1S/C19H20ClF5O5/c1-18(2)9(6-10(20)19(23,24)25)11(18)17(26)30-7-8-14(27-3)12(21)16(29-5)13(22)15(8)28-4/h6,9,11H,7H2,1-5H3/b10-6-/t9-,11-/m1/s1. The van der Waals surface area contributed by atoms with Gasteiger partial charge in [-0.3, -0.25) is 4.79 Å². The molecule has 0 saturated heterocycles. The highest BCUT2D eigenvalue weighted by Crippen LogP contribution is 2.60. The van der Waals surface area contributed by atoms with Gasteiger partial charge in [-0.1, -0.05) is 31.5 Å². The highest BCUT2D eigenvalue weighted by atomic mass is 35.5. The third kappa shape index (κ3) is 4.28. The molecule has 0 N–H and O–H groups in total. The largest absolute Gasteiger partial charge is 0.493 e. The first-order chi connectivity index (χ1) is 13.8. The van der Waals surface area contributed by atoms with Gasteiger partial charge in [-0.2, -0.15) is 22.0 Å². The Kier molecular flexibility index (Phi) is 6.80. The Bertz CT molecular complexity index is 835. The highest BCUT2D eigenvalue weighted by Gasteiger charge is 2.62. The van der Waals surface area contributed by atoms with Crippen molar-refractivity contribution in [2.75, 3.05) is 21.3 Å². The van der Waals surface area contributed by atoms with Crippen molar-refractivity contribution in [2.45, 2.75) is 26.6 Å². The average molecular weight is 459 g/mol. The summed E-state index contributed by atoms with van der Waals surface area (Å²) in [6.45, 7) is 2.52. The summed E-state index contributed by atoms with van der Waals surface area (Å²) in [6, 6.07) is 0. The molecule has 1 fully saturated rings. The number of allylic oxidation sites excluding steroid dienone is 2. The van der Waals surface area contributed by atoms with Crippen LogP contribution in [0.1, 0.15) is 19.4 Å². The maximum Gasteiger partial charge on any atom is 0.426 e. The molecule has 2 rings (SSSR count). The maximum absolute atomic E-state index is 14.4. The second-order valence-electron chi connectivity index (χ2n) is 7.15. The van der Waals surface area contributed by atoms with E-state index >= 15 is 0 Å². The van der Waals surface area contributed by atoms with Crippen LogP contribution in [0.2, 0.25) is 0 Å². The van der Waals surface area contributed by atoms with Crippen LogP contribution in [0.25, 0.3) is 0 Å². The number of rotatable bonds is 7. The molecule has 1 aromatic carbocycles. The van der Waals surface area contributed by atoms with Crippen molar-refractivity contribution < 1.29 is 45.7 Å². The Hall–Kier alpha value is -2.23. The second-order valence-corrected chi connectivity index (χ2v) is 7.56. The Labute approximate surface area is 174 Å². The summed E-state index contributed by atoms with van der Waals surface area (Å²) in [5.41, 5.74) is -1.07. The molecule has 168 valence electrons. The summed E-state index contributed by atoms with van der Waals surface area (Å²) in [5.74, 6) is -6.55. The molecule has 0 amide bonds. The summed E-state index contributed by atoms with van der Waals surface area (Å²) < 4.78 is 86.5. The number of carbonyl (C=O) groups is 1. The molecular weight excluding hydrogens is 439 g/mol. The zero-order chi connectivity index (χ0) is 23.0. The van der Waals surface area contributed by atoms with Gasteiger partial charge >= 0.3 is 12.1 Å². The number of esters is 1. The van der Waals surface area contributed by atoms with Crippen LogP contribution in [0.5, 0.6) is 17.2 Å². The molecule has 30 heavy (non-hydrogen) atoms. The minimum Gasteiger partial charge on any atom is -0.493 e. The van der Waals surface area contributed by atoms with Crippen LogP contribution >= 0.6 is 11.6 Å². The summed E-state index contributed by atoms with van der Waals surface area (Å²) >= 11 is 5.26. The van der Waals surface area contributed by atoms with Gasteiger partial charge in [0, 0.05) is 0 Å². The minimum atomic E-state index is -4.73. The van der Waals surface area contributed by atoms with Gasteiger partial charge in [0.15, 0.2) is 17.2 Å². The van der Waals surface area contributed by atoms with Crippen molar-refractivity contribution in [3.05, 3.63) is 28.3 Å². The Balaban J connectivity index is 2.27. The van der Waals surface area contributed by atoms with E-state index < -0.39 is 69.9 Å². The zero-order valence-corrected chi connectivity index (χ0v) is 17.5. The highest BCUT2D eigenvalue weighted by molar-refractivity contribution is 6.30. The number of methoxy groups -OCH3 is 3. The van der Waals surface area contributed by atoms with E-state index in [2.05, 4.69) is 4.74 Å². The van der Waals surface area contributed by atoms with E-state index in [-0.39, 0.29) is 5.56 Å². The molecule has 0 spiro atoms. The van der Waals surface area contributed by atoms with Gasteiger partial charge in [-0.05, 0) is 11.3 Å². The first-order valence-corrected chi connectivity index (χ1v) is 8.97. The van der Waals surface area contributed by atoms with Crippen LogP contribution in [0.15, 0.2) is 11.1 Å². The molecule has 0 bridgehead atoms. The molecule has 1 aliphatic carbocycles. The van der Waals surface area contributed by atoms with E-state index in [0.29, 0.717) is 0 Å². The van der Waals surface area contributed by atoms with Crippen LogP contribution in [0.4, 0.5) is 22.0 Å². The van der Waals surface area contributed by atoms with Gasteiger partial charge < -0.3 is 18.9 Å². The number of halogens is 6. The second kappa shape index (κ2) is 8.49. The zero-order valence-electron chi connectivity index (χ0n) is 16.7. The lowest BCUT2D eigenvalue weighted by Crippen LogP contribution is -2.13.